The summed E-state index contributed by atoms with van der Waals surface area (Å²) >= 11 is 0. The fourth-order valence-corrected chi connectivity index (χ4v) is 2.97. The number of nitrogens with zero attached hydrogens (tertiary/aromatic N) is 3. The number of ether oxygens (including phenoxy) is 2. The summed E-state index contributed by atoms with van der Waals surface area (Å²) in [4.78, 5) is 11.3. The Labute approximate surface area is 161 Å². The van der Waals surface area contributed by atoms with Gasteiger partial charge in [0.05, 0.1) is 13.2 Å². The van der Waals surface area contributed by atoms with E-state index in [4.69, 9.17) is 14.5 Å². The van der Waals surface area contributed by atoms with Gasteiger partial charge in [-0.3, -0.25) is 4.99 Å². The van der Waals surface area contributed by atoms with Crippen LogP contribution in [0.1, 0.15) is 19.8 Å². The first-order valence-electron chi connectivity index (χ1n) is 8.54. The Kier molecular flexibility index (Phi) is 8.04. The van der Waals surface area contributed by atoms with Gasteiger partial charge in [-0.1, -0.05) is 6.07 Å². The van der Waals surface area contributed by atoms with Crippen molar-refractivity contribution in [3.05, 3.63) is 24.4 Å². The van der Waals surface area contributed by atoms with Crippen molar-refractivity contribution in [1.82, 2.24) is 15.2 Å². The van der Waals surface area contributed by atoms with Gasteiger partial charge < -0.3 is 19.7 Å². The van der Waals surface area contributed by atoms with Gasteiger partial charge in [-0.05, 0) is 19.4 Å². The van der Waals surface area contributed by atoms with E-state index in [9.17, 15) is 0 Å². The van der Waals surface area contributed by atoms with Crippen LogP contribution in [0, 0.1) is 5.92 Å². The van der Waals surface area contributed by atoms with Gasteiger partial charge in [0, 0.05) is 50.8 Å². The second-order valence-corrected chi connectivity index (χ2v) is 6.07. The van der Waals surface area contributed by atoms with Crippen LogP contribution >= 0.6 is 24.0 Å². The molecule has 1 aromatic rings. The highest BCUT2D eigenvalue weighted by Crippen LogP contribution is 2.17. The fourth-order valence-electron chi connectivity index (χ4n) is 2.97. The molecule has 7 heteroatoms. The zero-order valence-corrected chi connectivity index (χ0v) is 16.5. The molecule has 0 radical (unpaired) electrons. The molecule has 2 aliphatic heterocycles. The standard InChI is InChI=1S/C17H26N4O2.HI/c1-2-18-17(20-11-14-7-10-22-13-14)21-9-6-15(12-21)23-16-5-3-4-8-19-16;/h3-5,8,14-15H,2,6-7,9-13H2,1H3,(H,18,20);1H. The fraction of sp³-hybridized carbons (Fsp3) is 0.647. The maximum Gasteiger partial charge on any atom is 0.213 e. The molecule has 6 nitrogen and oxygen atoms in total. The monoisotopic (exact) mass is 446 g/mol. The molecule has 0 spiro atoms. The van der Waals surface area contributed by atoms with Gasteiger partial charge in [-0.25, -0.2) is 4.98 Å². The van der Waals surface area contributed by atoms with Gasteiger partial charge in [-0.2, -0.15) is 0 Å². The molecule has 2 fully saturated rings. The summed E-state index contributed by atoms with van der Waals surface area (Å²) in [6.07, 6.45) is 4.04. The summed E-state index contributed by atoms with van der Waals surface area (Å²) in [6.45, 7) is 7.35. The van der Waals surface area contributed by atoms with Crippen LogP contribution in [0.5, 0.6) is 5.88 Å². The molecule has 0 bridgehead atoms. The normalized spacial score (nSPS) is 23.9. The predicted molar refractivity (Wildman–Crippen MR) is 105 cm³/mol. The van der Waals surface area contributed by atoms with Crippen molar-refractivity contribution in [2.75, 3.05) is 39.4 Å². The zero-order chi connectivity index (χ0) is 15.9. The summed E-state index contributed by atoms with van der Waals surface area (Å²) < 4.78 is 11.4. The van der Waals surface area contributed by atoms with Gasteiger partial charge in [0.2, 0.25) is 5.88 Å². The summed E-state index contributed by atoms with van der Waals surface area (Å²) in [5.74, 6) is 2.25. The van der Waals surface area contributed by atoms with Gasteiger partial charge in [-0.15, -0.1) is 24.0 Å². The maximum atomic E-state index is 5.96. The van der Waals surface area contributed by atoms with Gasteiger partial charge in [0.25, 0.3) is 0 Å². The van der Waals surface area contributed by atoms with Crippen molar-refractivity contribution in [3.8, 4) is 5.88 Å². The molecule has 134 valence electrons. The Balaban J connectivity index is 0.00000208. The topological polar surface area (TPSA) is 59.0 Å². The lowest BCUT2D eigenvalue weighted by atomic mass is 10.1. The number of aliphatic imine (C=N–C) groups is 1. The first-order valence-corrected chi connectivity index (χ1v) is 8.54. The number of hydrogen-bond acceptors (Lipinski definition) is 4. The average molecular weight is 446 g/mol. The minimum Gasteiger partial charge on any atom is -0.472 e. The highest BCUT2D eigenvalue weighted by atomic mass is 127. The molecule has 3 heterocycles. The van der Waals surface area contributed by atoms with Crippen LogP contribution in [-0.2, 0) is 4.74 Å². The minimum atomic E-state index is 0. The number of nitrogens with one attached hydrogen (secondary N) is 1. The number of guanidine groups is 1. The molecule has 1 N–H and O–H groups in total. The number of halogens is 1. The Morgan fingerprint density at radius 3 is 3.08 bits per heavy atom. The van der Waals surface area contributed by atoms with E-state index in [0.29, 0.717) is 11.8 Å². The molecule has 2 atom stereocenters. The Morgan fingerprint density at radius 1 is 1.46 bits per heavy atom. The Morgan fingerprint density at radius 2 is 2.38 bits per heavy atom. The van der Waals surface area contributed by atoms with Crippen LogP contribution in [0.4, 0.5) is 0 Å². The zero-order valence-electron chi connectivity index (χ0n) is 14.2. The third-order valence-corrected chi connectivity index (χ3v) is 4.23. The molecule has 2 saturated heterocycles. The van der Waals surface area contributed by atoms with Crippen molar-refractivity contribution < 1.29 is 9.47 Å². The second kappa shape index (κ2) is 10.0. The van der Waals surface area contributed by atoms with E-state index >= 15 is 0 Å². The van der Waals surface area contributed by atoms with Gasteiger partial charge >= 0.3 is 0 Å². The van der Waals surface area contributed by atoms with Crippen molar-refractivity contribution in [1.29, 1.82) is 0 Å². The van der Waals surface area contributed by atoms with Crippen LogP contribution < -0.4 is 10.1 Å². The van der Waals surface area contributed by atoms with Crippen molar-refractivity contribution >= 4 is 29.9 Å². The molecule has 1 aromatic heterocycles. The molecule has 0 saturated carbocycles. The summed E-state index contributed by atoms with van der Waals surface area (Å²) in [6, 6.07) is 5.75. The number of rotatable bonds is 5. The van der Waals surface area contributed by atoms with E-state index in [2.05, 4.69) is 22.1 Å². The predicted octanol–water partition coefficient (Wildman–Crippen LogP) is 2.15. The van der Waals surface area contributed by atoms with Gasteiger partial charge in [0.15, 0.2) is 5.96 Å². The van der Waals surface area contributed by atoms with Crippen molar-refractivity contribution in [3.63, 3.8) is 0 Å². The van der Waals surface area contributed by atoms with Gasteiger partial charge in [0.1, 0.15) is 6.10 Å². The molecule has 2 aliphatic rings. The summed E-state index contributed by atoms with van der Waals surface area (Å²) in [7, 11) is 0. The number of aromatic nitrogens is 1. The molecular formula is C17H27IN4O2. The molecule has 2 unspecified atom stereocenters. The third kappa shape index (κ3) is 5.47. The third-order valence-electron chi connectivity index (χ3n) is 4.23. The largest absolute Gasteiger partial charge is 0.472 e. The number of likely N-dealkylation sites (tertiary alicyclic amines) is 1. The highest BCUT2D eigenvalue weighted by Gasteiger charge is 2.27. The average Bonchev–Trinajstić information content (AvgIpc) is 3.24. The van der Waals surface area contributed by atoms with E-state index in [-0.39, 0.29) is 30.1 Å². The molecule has 0 aliphatic carbocycles. The van der Waals surface area contributed by atoms with Crippen LogP contribution in [-0.4, -0.2) is 61.3 Å². The summed E-state index contributed by atoms with van der Waals surface area (Å²) in [5, 5.41) is 3.40. The quantitative estimate of drug-likeness (QED) is 0.427. The SMILES string of the molecule is CCNC(=NCC1CCOC1)N1CCC(Oc2ccccn2)C1.I. The first kappa shape index (κ1) is 19.2. The van der Waals surface area contributed by atoms with Crippen LogP contribution in [0.25, 0.3) is 0 Å². The lowest BCUT2D eigenvalue weighted by molar-refractivity contribution is 0.187. The van der Waals surface area contributed by atoms with Crippen LogP contribution in [0.3, 0.4) is 0 Å². The van der Waals surface area contributed by atoms with Crippen LogP contribution in [0.2, 0.25) is 0 Å². The van der Waals surface area contributed by atoms with E-state index in [1.807, 2.05) is 18.2 Å². The maximum absolute atomic E-state index is 5.96. The molecule has 0 amide bonds. The molecular weight excluding hydrogens is 419 g/mol. The summed E-state index contributed by atoms with van der Waals surface area (Å²) in [5.41, 5.74) is 0. The second-order valence-electron chi connectivity index (χ2n) is 6.07. The van der Waals surface area contributed by atoms with E-state index in [1.165, 1.54) is 0 Å². The molecule has 24 heavy (non-hydrogen) atoms. The lowest BCUT2D eigenvalue weighted by Gasteiger charge is -2.22. The first-order chi connectivity index (χ1) is 11.3. The number of hydrogen-bond donors (Lipinski definition) is 1. The van der Waals surface area contributed by atoms with Crippen molar-refractivity contribution in [2.24, 2.45) is 10.9 Å². The highest BCUT2D eigenvalue weighted by molar-refractivity contribution is 14.0. The smallest absolute Gasteiger partial charge is 0.213 e. The van der Waals surface area contributed by atoms with E-state index in [0.717, 1.165) is 58.2 Å². The Bertz CT molecular complexity index is 509. The van der Waals surface area contributed by atoms with Crippen LogP contribution in [0.15, 0.2) is 29.4 Å². The minimum absolute atomic E-state index is 0. The molecule has 0 aromatic carbocycles. The van der Waals surface area contributed by atoms with Crippen molar-refractivity contribution in [2.45, 2.75) is 25.9 Å². The van der Waals surface area contributed by atoms with E-state index in [1.54, 1.807) is 6.20 Å². The Hall–Kier alpha value is -1.09. The number of pyridine rings is 1. The van der Waals surface area contributed by atoms with E-state index < -0.39 is 0 Å². The molecule has 3 rings (SSSR count). The lowest BCUT2D eigenvalue weighted by Crippen LogP contribution is -2.41.